The molecule has 1 aromatic carbocycles. The lowest BCUT2D eigenvalue weighted by molar-refractivity contribution is 0.0698. The molecule has 5 heteroatoms. The highest BCUT2D eigenvalue weighted by atomic mass is 19.1. The van der Waals surface area contributed by atoms with E-state index in [4.69, 9.17) is 10.8 Å². The average Bonchev–Trinajstić information content (AvgIpc) is 3.04. The van der Waals surface area contributed by atoms with E-state index in [-0.39, 0.29) is 11.3 Å². The summed E-state index contributed by atoms with van der Waals surface area (Å²) in [5.41, 5.74) is 5.52. The highest BCUT2D eigenvalue weighted by Crippen LogP contribution is 2.33. The molecule has 0 saturated heterocycles. The first-order valence-corrected chi connectivity index (χ1v) is 5.53. The van der Waals surface area contributed by atoms with Crippen LogP contribution in [0.2, 0.25) is 0 Å². The molecule has 92 valence electrons. The first-order valence-electron chi connectivity index (χ1n) is 5.53. The van der Waals surface area contributed by atoms with Crippen LogP contribution in [0.4, 0.5) is 15.8 Å². The predicted octanol–water partition coefficient (Wildman–Crippen LogP) is 1.95. The van der Waals surface area contributed by atoms with Gasteiger partial charge in [-0.25, -0.2) is 9.18 Å². The fraction of sp³-hybridized carbons (Fsp3) is 0.417. The fourth-order valence-corrected chi connectivity index (χ4v) is 1.91. The van der Waals surface area contributed by atoms with Crippen LogP contribution in [0.1, 0.15) is 23.2 Å². The molecule has 1 aromatic rings. The molecular formula is C12H15FN2O2. The Bertz CT molecular complexity index is 458. The molecule has 4 nitrogen and oxygen atoms in total. The average molecular weight is 238 g/mol. The highest BCUT2D eigenvalue weighted by molar-refractivity contribution is 6.00. The SMILES string of the molecule is CN(CC1CC1)c1ccc(F)c(N)c1C(=O)O. The summed E-state index contributed by atoms with van der Waals surface area (Å²) in [5.74, 6) is -1.27. The number of carboxylic acids is 1. The molecule has 0 radical (unpaired) electrons. The van der Waals surface area contributed by atoms with E-state index >= 15 is 0 Å². The van der Waals surface area contributed by atoms with Crippen LogP contribution in [0.25, 0.3) is 0 Å². The molecule has 1 aliphatic carbocycles. The van der Waals surface area contributed by atoms with Gasteiger partial charge in [-0.2, -0.15) is 0 Å². The zero-order valence-electron chi connectivity index (χ0n) is 9.61. The van der Waals surface area contributed by atoms with Crippen molar-refractivity contribution in [1.29, 1.82) is 0 Å². The monoisotopic (exact) mass is 238 g/mol. The second-order valence-electron chi connectivity index (χ2n) is 4.48. The van der Waals surface area contributed by atoms with Crippen LogP contribution in [-0.2, 0) is 0 Å². The standard InChI is InChI=1S/C12H15FN2O2/c1-15(6-7-2-3-7)9-5-4-8(13)11(14)10(9)12(16)17/h4-5,7H,2-3,6,14H2,1H3,(H,16,17). The number of halogens is 1. The minimum absolute atomic E-state index is 0.145. The maximum atomic E-state index is 13.3. The van der Waals surface area contributed by atoms with Crippen LogP contribution < -0.4 is 10.6 Å². The molecule has 1 aliphatic rings. The Balaban J connectivity index is 2.37. The van der Waals surface area contributed by atoms with Gasteiger partial charge in [0.15, 0.2) is 0 Å². The Hall–Kier alpha value is -1.78. The number of nitrogens with zero attached hydrogens (tertiary/aromatic N) is 1. The summed E-state index contributed by atoms with van der Waals surface area (Å²) in [6.45, 7) is 0.783. The lowest BCUT2D eigenvalue weighted by Gasteiger charge is -2.22. The van der Waals surface area contributed by atoms with Gasteiger partial charge in [0, 0.05) is 13.6 Å². The van der Waals surface area contributed by atoms with Gasteiger partial charge in [0.2, 0.25) is 0 Å². The minimum atomic E-state index is -1.19. The topological polar surface area (TPSA) is 66.6 Å². The summed E-state index contributed by atoms with van der Waals surface area (Å²) in [7, 11) is 1.80. The highest BCUT2D eigenvalue weighted by Gasteiger charge is 2.26. The molecule has 0 heterocycles. The van der Waals surface area contributed by atoms with E-state index in [0.29, 0.717) is 11.6 Å². The van der Waals surface area contributed by atoms with Crippen molar-refractivity contribution in [2.75, 3.05) is 24.2 Å². The third-order valence-electron chi connectivity index (χ3n) is 3.02. The summed E-state index contributed by atoms with van der Waals surface area (Å²) in [4.78, 5) is 13.0. The van der Waals surface area contributed by atoms with Crippen LogP contribution in [-0.4, -0.2) is 24.7 Å². The lowest BCUT2D eigenvalue weighted by Crippen LogP contribution is -2.23. The van der Waals surface area contributed by atoms with Gasteiger partial charge >= 0.3 is 5.97 Å². The van der Waals surface area contributed by atoms with Crippen molar-refractivity contribution in [2.45, 2.75) is 12.8 Å². The van der Waals surface area contributed by atoms with Gasteiger partial charge in [-0.15, -0.1) is 0 Å². The summed E-state index contributed by atoms with van der Waals surface area (Å²) in [5, 5.41) is 9.10. The van der Waals surface area contributed by atoms with Crippen LogP contribution in [0.5, 0.6) is 0 Å². The smallest absolute Gasteiger partial charge is 0.340 e. The van der Waals surface area contributed by atoms with Crippen molar-refractivity contribution in [3.63, 3.8) is 0 Å². The molecule has 0 aliphatic heterocycles. The molecule has 17 heavy (non-hydrogen) atoms. The number of anilines is 2. The van der Waals surface area contributed by atoms with Crippen molar-refractivity contribution >= 4 is 17.3 Å². The van der Waals surface area contributed by atoms with E-state index in [1.54, 1.807) is 7.05 Å². The number of carboxylic acid groups (broad SMARTS) is 1. The molecule has 0 aromatic heterocycles. The Morgan fingerprint density at radius 3 is 2.76 bits per heavy atom. The second-order valence-corrected chi connectivity index (χ2v) is 4.48. The molecule has 0 atom stereocenters. The van der Waals surface area contributed by atoms with Gasteiger partial charge < -0.3 is 15.7 Å². The van der Waals surface area contributed by atoms with Crippen LogP contribution >= 0.6 is 0 Å². The van der Waals surface area contributed by atoms with Gasteiger partial charge in [-0.3, -0.25) is 0 Å². The van der Waals surface area contributed by atoms with Gasteiger partial charge in [-0.05, 0) is 30.9 Å². The number of nitrogen functional groups attached to an aromatic ring is 1. The van der Waals surface area contributed by atoms with E-state index in [1.807, 2.05) is 4.90 Å². The lowest BCUT2D eigenvalue weighted by atomic mass is 10.1. The first kappa shape index (κ1) is 11.7. The Morgan fingerprint density at radius 2 is 2.24 bits per heavy atom. The number of aromatic carboxylic acids is 1. The van der Waals surface area contributed by atoms with Crippen LogP contribution in [0, 0.1) is 11.7 Å². The third kappa shape index (κ3) is 2.33. The second kappa shape index (κ2) is 4.24. The third-order valence-corrected chi connectivity index (χ3v) is 3.02. The van der Waals surface area contributed by atoms with E-state index in [2.05, 4.69) is 0 Å². The van der Waals surface area contributed by atoms with Gasteiger partial charge in [0.25, 0.3) is 0 Å². The molecule has 1 fully saturated rings. The maximum absolute atomic E-state index is 13.3. The van der Waals surface area contributed by atoms with Crippen molar-refractivity contribution in [1.82, 2.24) is 0 Å². The number of carbonyl (C=O) groups is 1. The number of rotatable bonds is 4. The summed E-state index contributed by atoms with van der Waals surface area (Å²) in [6, 6.07) is 2.68. The van der Waals surface area contributed by atoms with E-state index in [0.717, 1.165) is 6.54 Å². The minimum Gasteiger partial charge on any atom is -0.478 e. The molecule has 1 saturated carbocycles. The Labute approximate surface area is 98.8 Å². The van der Waals surface area contributed by atoms with E-state index in [9.17, 15) is 9.18 Å². The molecular weight excluding hydrogens is 223 g/mol. The van der Waals surface area contributed by atoms with E-state index < -0.39 is 11.8 Å². The molecule has 0 amide bonds. The van der Waals surface area contributed by atoms with Crippen LogP contribution in [0.3, 0.4) is 0 Å². The number of hydrogen-bond acceptors (Lipinski definition) is 3. The number of nitrogens with two attached hydrogens (primary N) is 1. The quantitative estimate of drug-likeness (QED) is 0.787. The van der Waals surface area contributed by atoms with Crippen molar-refractivity contribution < 1.29 is 14.3 Å². The predicted molar refractivity (Wildman–Crippen MR) is 63.8 cm³/mol. The molecule has 0 bridgehead atoms. The fourth-order valence-electron chi connectivity index (χ4n) is 1.91. The zero-order valence-corrected chi connectivity index (χ0v) is 9.61. The van der Waals surface area contributed by atoms with Crippen molar-refractivity contribution in [2.24, 2.45) is 5.92 Å². The van der Waals surface area contributed by atoms with Crippen LogP contribution in [0.15, 0.2) is 12.1 Å². The number of benzene rings is 1. The zero-order chi connectivity index (χ0) is 12.6. The molecule has 3 N–H and O–H groups in total. The Morgan fingerprint density at radius 1 is 1.59 bits per heavy atom. The summed E-state index contributed by atoms with van der Waals surface area (Å²) < 4.78 is 13.3. The van der Waals surface area contributed by atoms with Crippen molar-refractivity contribution in [3.8, 4) is 0 Å². The summed E-state index contributed by atoms with van der Waals surface area (Å²) >= 11 is 0. The van der Waals surface area contributed by atoms with Gasteiger partial charge in [-0.1, -0.05) is 0 Å². The largest absolute Gasteiger partial charge is 0.478 e. The van der Waals surface area contributed by atoms with Gasteiger partial charge in [0.1, 0.15) is 11.4 Å². The normalized spacial score (nSPS) is 14.7. The first-order chi connectivity index (χ1) is 8.00. The summed E-state index contributed by atoms with van der Waals surface area (Å²) in [6.07, 6.45) is 2.34. The van der Waals surface area contributed by atoms with E-state index in [1.165, 1.54) is 25.0 Å². The molecule has 0 unspecified atom stereocenters. The molecule has 2 rings (SSSR count). The Kier molecular flexibility index (Phi) is 2.92. The maximum Gasteiger partial charge on any atom is 0.340 e. The molecule has 0 spiro atoms. The number of hydrogen-bond donors (Lipinski definition) is 2. The van der Waals surface area contributed by atoms with Gasteiger partial charge in [0.05, 0.1) is 11.4 Å². The van der Waals surface area contributed by atoms with Crippen molar-refractivity contribution in [3.05, 3.63) is 23.5 Å².